The fourth-order valence-corrected chi connectivity index (χ4v) is 0.941. The highest BCUT2D eigenvalue weighted by molar-refractivity contribution is 7.27. The van der Waals surface area contributed by atoms with Gasteiger partial charge in [0, 0.05) is 6.07 Å². The Kier molecular flexibility index (Phi) is 2.06. The minimum atomic E-state index is -0.622. The molecule has 1 atom stereocenters. The molecule has 0 aliphatic carbocycles. The van der Waals surface area contributed by atoms with Crippen LogP contribution in [0.1, 0.15) is 0 Å². The van der Waals surface area contributed by atoms with Gasteiger partial charge < -0.3 is 5.11 Å². The highest BCUT2D eigenvalue weighted by Gasteiger charge is 2.11. The molecule has 1 N–H and O–H groups in total. The number of nitro benzene ring substituents is 1. The number of rotatable bonds is 1. The van der Waals surface area contributed by atoms with Gasteiger partial charge in [0.05, 0.1) is 4.92 Å². The van der Waals surface area contributed by atoms with Gasteiger partial charge in [-0.2, -0.15) is 0 Å². The zero-order valence-electron chi connectivity index (χ0n) is 5.52. The van der Waals surface area contributed by atoms with E-state index in [0.717, 1.165) is 0 Å². The number of phenolic OH excluding ortho intramolecular Hbond substituents is 1. The number of nitrogens with zero attached hydrogens (tertiary/aromatic N) is 1. The summed E-state index contributed by atoms with van der Waals surface area (Å²) in [6.07, 6.45) is 0. The van der Waals surface area contributed by atoms with Gasteiger partial charge in [-0.3, -0.25) is 10.1 Å². The molecular formula is C6H6NO3P. The second kappa shape index (κ2) is 2.84. The van der Waals surface area contributed by atoms with Crippen molar-refractivity contribution in [2.24, 2.45) is 0 Å². The van der Waals surface area contributed by atoms with Crippen molar-refractivity contribution in [2.45, 2.75) is 0 Å². The summed E-state index contributed by atoms with van der Waals surface area (Å²) in [6.45, 7) is 0. The molecule has 1 unspecified atom stereocenters. The number of phenols is 1. The maximum absolute atomic E-state index is 10.2. The highest BCUT2D eigenvalue weighted by atomic mass is 31.0. The molecule has 0 bridgehead atoms. The lowest BCUT2D eigenvalue weighted by Crippen LogP contribution is -1.94. The van der Waals surface area contributed by atoms with Crippen LogP contribution in [0, 0.1) is 10.1 Å². The van der Waals surface area contributed by atoms with Gasteiger partial charge in [-0.25, -0.2) is 0 Å². The van der Waals surface area contributed by atoms with Gasteiger partial charge in [-0.05, 0) is 11.4 Å². The van der Waals surface area contributed by atoms with Crippen molar-refractivity contribution in [1.82, 2.24) is 0 Å². The van der Waals surface area contributed by atoms with Gasteiger partial charge in [-0.15, -0.1) is 9.24 Å². The number of hydrogen-bond acceptors (Lipinski definition) is 3. The molecule has 0 aromatic heterocycles. The van der Waals surface area contributed by atoms with Crippen LogP contribution in [0.15, 0.2) is 18.2 Å². The summed E-state index contributed by atoms with van der Waals surface area (Å²) in [4.78, 5) is 9.59. The van der Waals surface area contributed by atoms with E-state index in [1.807, 2.05) is 0 Å². The molecule has 0 saturated carbocycles. The number of nitro groups is 1. The Morgan fingerprint density at radius 3 is 2.64 bits per heavy atom. The first-order valence-electron chi connectivity index (χ1n) is 2.84. The van der Waals surface area contributed by atoms with Crippen molar-refractivity contribution in [3.05, 3.63) is 28.3 Å². The van der Waals surface area contributed by atoms with E-state index in [-0.39, 0.29) is 11.4 Å². The lowest BCUT2D eigenvalue weighted by molar-refractivity contribution is -0.385. The third-order valence-electron chi connectivity index (χ3n) is 1.20. The average Bonchev–Trinajstić information content (AvgIpc) is 1.94. The van der Waals surface area contributed by atoms with Gasteiger partial charge in [0.2, 0.25) is 0 Å². The van der Waals surface area contributed by atoms with E-state index in [1.54, 1.807) is 6.07 Å². The third-order valence-corrected chi connectivity index (χ3v) is 1.56. The fraction of sp³-hybridized carbons (Fsp3) is 0. The summed E-state index contributed by atoms with van der Waals surface area (Å²) in [6, 6.07) is 4.16. The van der Waals surface area contributed by atoms with Crippen molar-refractivity contribution in [1.29, 1.82) is 0 Å². The Morgan fingerprint density at radius 1 is 1.55 bits per heavy atom. The number of hydrogen-bond donors (Lipinski definition) is 1. The maximum atomic E-state index is 10.2. The molecule has 0 amide bonds. The highest BCUT2D eigenvalue weighted by Crippen LogP contribution is 2.23. The fourth-order valence-electron chi connectivity index (χ4n) is 0.687. The second-order valence-electron chi connectivity index (χ2n) is 2.01. The standard InChI is InChI=1S/C6H6NO3P/c8-6-2-1-4(11)3-5(6)7(9)10/h1-3,8H,11H2. The largest absolute Gasteiger partial charge is 0.502 e. The minimum Gasteiger partial charge on any atom is -0.502 e. The average molecular weight is 171 g/mol. The summed E-state index contributed by atoms with van der Waals surface area (Å²) >= 11 is 0. The lowest BCUT2D eigenvalue weighted by atomic mass is 10.3. The van der Waals surface area contributed by atoms with Gasteiger partial charge in [-0.1, -0.05) is 6.07 Å². The zero-order chi connectivity index (χ0) is 8.43. The quantitative estimate of drug-likeness (QED) is 0.386. The molecule has 1 aromatic carbocycles. The number of benzene rings is 1. The van der Waals surface area contributed by atoms with Crippen LogP contribution in [-0.2, 0) is 0 Å². The normalized spacial score (nSPS) is 9.55. The van der Waals surface area contributed by atoms with Crippen LogP contribution < -0.4 is 5.30 Å². The first-order valence-corrected chi connectivity index (χ1v) is 3.42. The number of aromatic hydroxyl groups is 1. The van der Waals surface area contributed by atoms with Crippen molar-refractivity contribution in [3.8, 4) is 5.75 Å². The molecule has 0 radical (unpaired) electrons. The van der Waals surface area contributed by atoms with Gasteiger partial charge in [0.15, 0.2) is 5.75 Å². The first kappa shape index (κ1) is 7.95. The van der Waals surface area contributed by atoms with Crippen LogP contribution in [0.5, 0.6) is 5.75 Å². The Morgan fingerprint density at radius 2 is 2.18 bits per heavy atom. The van der Waals surface area contributed by atoms with Crippen LogP contribution in [0.4, 0.5) is 5.69 Å². The van der Waals surface area contributed by atoms with Crippen LogP contribution in [-0.4, -0.2) is 10.0 Å². The van der Waals surface area contributed by atoms with Crippen molar-refractivity contribution in [2.75, 3.05) is 0 Å². The Labute approximate surface area is 65.2 Å². The third kappa shape index (κ3) is 1.65. The molecule has 11 heavy (non-hydrogen) atoms. The molecule has 1 aromatic rings. The summed E-state index contributed by atoms with van der Waals surface area (Å²) < 4.78 is 0. The van der Waals surface area contributed by atoms with E-state index in [0.29, 0.717) is 5.30 Å². The minimum absolute atomic E-state index is 0.266. The summed E-state index contributed by atoms with van der Waals surface area (Å²) in [7, 11) is 2.32. The molecule has 0 aliphatic heterocycles. The molecule has 0 spiro atoms. The topological polar surface area (TPSA) is 63.4 Å². The van der Waals surface area contributed by atoms with E-state index in [2.05, 4.69) is 9.24 Å². The summed E-state index contributed by atoms with van der Waals surface area (Å²) in [5.74, 6) is -0.304. The van der Waals surface area contributed by atoms with E-state index in [4.69, 9.17) is 5.11 Å². The Hall–Kier alpha value is -1.15. The second-order valence-corrected chi connectivity index (χ2v) is 2.67. The van der Waals surface area contributed by atoms with Crippen LogP contribution in [0.2, 0.25) is 0 Å². The smallest absolute Gasteiger partial charge is 0.311 e. The van der Waals surface area contributed by atoms with Crippen molar-refractivity contribution >= 4 is 20.2 Å². The predicted octanol–water partition coefficient (Wildman–Crippen LogP) is 0.801. The Balaban J connectivity index is 3.23. The maximum Gasteiger partial charge on any atom is 0.311 e. The van der Waals surface area contributed by atoms with Gasteiger partial charge >= 0.3 is 5.69 Å². The Bertz CT molecular complexity index is 300. The van der Waals surface area contributed by atoms with E-state index in [9.17, 15) is 10.1 Å². The molecule has 5 heteroatoms. The van der Waals surface area contributed by atoms with Gasteiger partial charge in [0.1, 0.15) is 0 Å². The SMILES string of the molecule is O=[N+]([O-])c1cc(P)ccc1O. The van der Waals surface area contributed by atoms with Crippen LogP contribution in [0.3, 0.4) is 0 Å². The molecule has 0 aliphatic rings. The molecule has 4 nitrogen and oxygen atoms in total. The first-order chi connectivity index (χ1) is 5.11. The van der Waals surface area contributed by atoms with E-state index >= 15 is 0 Å². The summed E-state index contributed by atoms with van der Waals surface area (Å²) in [5, 5.41) is 19.8. The van der Waals surface area contributed by atoms with Crippen molar-refractivity contribution in [3.63, 3.8) is 0 Å². The monoisotopic (exact) mass is 171 g/mol. The van der Waals surface area contributed by atoms with E-state index in [1.165, 1.54) is 12.1 Å². The molecule has 1 rings (SSSR count). The van der Waals surface area contributed by atoms with Crippen LogP contribution in [0.25, 0.3) is 0 Å². The predicted molar refractivity (Wildman–Crippen MR) is 44.1 cm³/mol. The molecule has 0 heterocycles. The molecular weight excluding hydrogens is 165 g/mol. The molecule has 0 fully saturated rings. The molecule has 58 valence electrons. The summed E-state index contributed by atoms with van der Waals surface area (Å²) in [5.41, 5.74) is -0.266. The van der Waals surface area contributed by atoms with E-state index < -0.39 is 4.92 Å². The van der Waals surface area contributed by atoms with Crippen LogP contribution >= 0.6 is 9.24 Å². The zero-order valence-corrected chi connectivity index (χ0v) is 6.68. The molecule has 0 saturated heterocycles. The lowest BCUT2D eigenvalue weighted by Gasteiger charge is -1.95. The van der Waals surface area contributed by atoms with Gasteiger partial charge in [0.25, 0.3) is 0 Å². The van der Waals surface area contributed by atoms with Crippen molar-refractivity contribution < 1.29 is 10.0 Å².